The Kier molecular flexibility index (Phi) is 8.49. The third-order valence-corrected chi connectivity index (χ3v) is 6.57. The third-order valence-electron chi connectivity index (χ3n) is 6.57. The average molecular weight is 518 g/mol. The Labute approximate surface area is 221 Å². The largest absolute Gasteiger partial charge is 0.415 e. The molecular weight excluding hydrogens is 486 g/mol. The van der Waals surface area contributed by atoms with Crippen LogP contribution >= 0.6 is 0 Å². The molecule has 4 heterocycles. The number of hydrogen-bond acceptors (Lipinski definition) is 9. The molecule has 2 amide bonds. The molecule has 0 bridgehead atoms. The van der Waals surface area contributed by atoms with Crippen LogP contribution in [0, 0.1) is 0 Å². The number of nitrogens with zero attached hydrogens (tertiary/aromatic N) is 6. The van der Waals surface area contributed by atoms with E-state index < -0.39 is 6.09 Å². The van der Waals surface area contributed by atoms with Crippen LogP contribution in [-0.4, -0.2) is 94.1 Å². The fourth-order valence-corrected chi connectivity index (χ4v) is 4.38. The molecule has 1 N–H and O–H groups in total. The van der Waals surface area contributed by atoms with Gasteiger partial charge in [0, 0.05) is 64.1 Å². The molecule has 11 heteroatoms. The van der Waals surface area contributed by atoms with E-state index in [0.717, 1.165) is 63.7 Å². The van der Waals surface area contributed by atoms with Gasteiger partial charge in [0.05, 0.1) is 25.1 Å². The summed E-state index contributed by atoms with van der Waals surface area (Å²) in [5.74, 6) is 0.453. The first kappa shape index (κ1) is 25.7. The number of morpholine rings is 1. The highest BCUT2D eigenvalue weighted by molar-refractivity contribution is 6.03. The van der Waals surface area contributed by atoms with E-state index in [1.165, 1.54) is 6.20 Å². The minimum absolute atomic E-state index is 0.250. The van der Waals surface area contributed by atoms with Gasteiger partial charge in [0.15, 0.2) is 5.75 Å². The smallest absolute Gasteiger partial charge is 0.409 e. The van der Waals surface area contributed by atoms with Gasteiger partial charge in [0.1, 0.15) is 12.1 Å². The van der Waals surface area contributed by atoms with Crippen LogP contribution in [0.15, 0.2) is 61.2 Å². The Morgan fingerprint density at radius 3 is 2.32 bits per heavy atom. The second kappa shape index (κ2) is 12.5. The van der Waals surface area contributed by atoms with Crippen molar-refractivity contribution in [1.29, 1.82) is 0 Å². The number of anilines is 1. The Morgan fingerprint density at radius 1 is 0.868 bits per heavy atom. The van der Waals surface area contributed by atoms with Crippen molar-refractivity contribution in [3.63, 3.8) is 0 Å². The van der Waals surface area contributed by atoms with E-state index >= 15 is 0 Å². The van der Waals surface area contributed by atoms with Gasteiger partial charge in [-0.05, 0) is 35.9 Å². The van der Waals surface area contributed by atoms with E-state index in [1.54, 1.807) is 29.6 Å². The summed E-state index contributed by atoms with van der Waals surface area (Å²) in [5.41, 5.74) is 2.65. The topological polar surface area (TPSA) is 113 Å². The van der Waals surface area contributed by atoms with Gasteiger partial charge in [-0.2, -0.15) is 0 Å². The summed E-state index contributed by atoms with van der Waals surface area (Å²) in [6.07, 6.45) is 4.29. The number of ether oxygens (including phenoxy) is 2. The fraction of sp³-hybridized carbons (Fsp3) is 0.370. The van der Waals surface area contributed by atoms with Gasteiger partial charge in [-0.3, -0.25) is 14.6 Å². The van der Waals surface area contributed by atoms with Crippen molar-refractivity contribution in [3.8, 4) is 5.75 Å². The first-order valence-electron chi connectivity index (χ1n) is 12.7. The van der Waals surface area contributed by atoms with Gasteiger partial charge in [0.25, 0.3) is 5.91 Å². The molecule has 1 aromatic carbocycles. The monoisotopic (exact) mass is 517 g/mol. The maximum Gasteiger partial charge on any atom is 0.415 e. The number of hydrogen-bond donors (Lipinski definition) is 1. The number of carbonyl (C=O) groups excluding carboxylic acids is 2. The predicted octanol–water partition coefficient (Wildman–Crippen LogP) is 2.27. The number of carbonyl (C=O) groups is 2. The molecule has 0 saturated carbocycles. The quantitative estimate of drug-likeness (QED) is 0.504. The van der Waals surface area contributed by atoms with Crippen LogP contribution in [0.4, 0.5) is 10.6 Å². The molecule has 2 aromatic heterocycles. The average Bonchev–Trinajstić information content (AvgIpc) is 2.96. The van der Waals surface area contributed by atoms with Crippen LogP contribution < -0.4 is 10.1 Å². The molecule has 0 spiro atoms. The van der Waals surface area contributed by atoms with Gasteiger partial charge in [-0.1, -0.05) is 12.1 Å². The Balaban J connectivity index is 1.06. The molecule has 0 unspecified atom stereocenters. The van der Waals surface area contributed by atoms with Crippen molar-refractivity contribution in [2.45, 2.75) is 13.1 Å². The van der Waals surface area contributed by atoms with Crippen LogP contribution in [-0.2, 0) is 17.8 Å². The SMILES string of the molecule is O=C(Nc1ccc(OC(=O)N2CCN(Cc3ccncn3)CC2)cn1)c1ccc(CN2CCOCC2)cc1. The van der Waals surface area contributed by atoms with Crippen LogP contribution in [0.2, 0.25) is 0 Å². The minimum atomic E-state index is -0.414. The van der Waals surface area contributed by atoms with E-state index in [9.17, 15) is 9.59 Å². The lowest BCUT2D eigenvalue weighted by atomic mass is 10.1. The second-order valence-electron chi connectivity index (χ2n) is 9.25. The number of amides is 2. The van der Waals surface area contributed by atoms with E-state index in [0.29, 0.717) is 30.2 Å². The van der Waals surface area contributed by atoms with Gasteiger partial charge < -0.3 is 19.7 Å². The fourth-order valence-electron chi connectivity index (χ4n) is 4.38. The van der Waals surface area contributed by atoms with Gasteiger partial charge in [0.2, 0.25) is 0 Å². The Morgan fingerprint density at radius 2 is 1.63 bits per heavy atom. The normalized spacial score (nSPS) is 16.7. The van der Waals surface area contributed by atoms with Crippen molar-refractivity contribution >= 4 is 17.8 Å². The van der Waals surface area contributed by atoms with Crippen LogP contribution in [0.25, 0.3) is 0 Å². The molecule has 198 valence electrons. The van der Waals surface area contributed by atoms with E-state index in [4.69, 9.17) is 9.47 Å². The standard InChI is InChI=1S/C27H31N7O4/c35-26(22-3-1-21(2-4-22)18-33-13-15-37-16-14-33)31-25-6-5-24(17-29-25)38-27(36)34-11-9-32(10-12-34)19-23-7-8-28-20-30-23/h1-8,17,20H,9-16,18-19H2,(H,29,31,35). The Bertz CT molecular complexity index is 1190. The molecule has 0 atom stereocenters. The number of pyridine rings is 1. The van der Waals surface area contributed by atoms with Crippen LogP contribution in [0.3, 0.4) is 0 Å². The molecule has 3 aromatic rings. The molecule has 0 radical (unpaired) electrons. The third kappa shape index (κ3) is 7.09. The highest BCUT2D eigenvalue weighted by Crippen LogP contribution is 2.16. The van der Waals surface area contributed by atoms with Crippen molar-refractivity contribution < 1.29 is 19.1 Å². The summed E-state index contributed by atoms with van der Waals surface area (Å²) in [6, 6.07) is 12.7. The summed E-state index contributed by atoms with van der Waals surface area (Å²) >= 11 is 0. The zero-order valence-corrected chi connectivity index (χ0v) is 21.2. The first-order chi connectivity index (χ1) is 18.6. The van der Waals surface area contributed by atoms with Crippen molar-refractivity contribution in [2.75, 3.05) is 57.8 Å². The lowest BCUT2D eigenvalue weighted by Gasteiger charge is -2.33. The molecular formula is C27H31N7O4. The summed E-state index contributed by atoms with van der Waals surface area (Å²) in [4.78, 5) is 43.9. The summed E-state index contributed by atoms with van der Waals surface area (Å²) in [5, 5.41) is 2.79. The molecule has 2 aliphatic rings. The van der Waals surface area contributed by atoms with Crippen molar-refractivity contribution in [3.05, 3.63) is 78.0 Å². The van der Waals surface area contributed by atoms with E-state index in [-0.39, 0.29) is 5.91 Å². The predicted molar refractivity (Wildman–Crippen MR) is 140 cm³/mol. The lowest BCUT2D eigenvalue weighted by Crippen LogP contribution is -2.49. The maximum atomic E-state index is 12.6. The first-order valence-corrected chi connectivity index (χ1v) is 12.7. The summed E-state index contributed by atoms with van der Waals surface area (Å²) in [6.45, 7) is 7.51. The summed E-state index contributed by atoms with van der Waals surface area (Å²) in [7, 11) is 0. The van der Waals surface area contributed by atoms with Crippen molar-refractivity contribution in [2.24, 2.45) is 0 Å². The summed E-state index contributed by atoms with van der Waals surface area (Å²) < 4.78 is 10.9. The highest BCUT2D eigenvalue weighted by Gasteiger charge is 2.23. The highest BCUT2D eigenvalue weighted by atomic mass is 16.6. The molecule has 5 rings (SSSR count). The van der Waals surface area contributed by atoms with E-state index in [2.05, 4.69) is 30.1 Å². The lowest BCUT2D eigenvalue weighted by molar-refractivity contribution is 0.0342. The number of rotatable bonds is 7. The Hall–Kier alpha value is -3.93. The molecule has 2 aliphatic heterocycles. The molecule has 2 saturated heterocycles. The molecule has 0 aliphatic carbocycles. The zero-order valence-electron chi connectivity index (χ0n) is 21.2. The number of aromatic nitrogens is 3. The van der Waals surface area contributed by atoms with E-state index in [1.807, 2.05) is 30.3 Å². The molecule has 38 heavy (non-hydrogen) atoms. The van der Waals surface area contributed by atoms with Gasteiger partial charge in [-0.25, -0.2) is 19.7 Å². The molecule has 2 fully saturated rings. The molecule has 11 nitrogen and oxygen atoms in total. The van der Waals surface area contributed by atoms with Gasteiger partial charge in [-0.15, -0.1) is 0 Å². The van der Waals surface area contributed by atoms with Crippen molar-refractivity contribution in [1.82, 2.24) is 29.7 Å². The number of piperazine rings is 1. The zero-order chi connectivity index (χ0) is 26.2. The van der Waals surface area contributed by atoms with Gasteiger partial charge >= 0.3 is 6.09 Å². The maximum absolute atomic E-state index is 12.6. The van der Waals surface area contributed by atoms with Crippen LogP contribution in [0.5, 0.6) is 5.75 Å². The number of benzene rings is 1. The minimum Gasteiger partial charge on any atom is -0.409 e. The number of nitrogens with one attached hydrogen (secondary N) is 1. The second-order valence-corrected chi connectivity index (χ2v) is 9.25. The van der Waals surface area contributed by atoms with Crippen LogP contribution in [0.1, 0.15) is 21.6 Å².